The summed E-state index contributed by atoms with van der Waals surface area (Å²) >= 11 is 0. The molecule has 166 valence electrons. The minimum Gasteiger partial charge on any atom is -0.505 e. The van der Waals surface area contributed by atoms with Gasteiger partial charge in [0, 0.05) is 40.5 Å². The Morgan fingerprint density at radius 2 is 1.84 bits per heavy atom. The van der Waals surface area contributed by atoms with E-state index in [0.717, 1.165) is 67.5 Å². The number of anilines is 1. The molecule has 0 bridgehead atoms. The van der Waals surface area contributed by atoms with Gasteiger partial charge in [-0.25, -0.2) is 4.39 Å². The van der Waals surface area contributed by atoms with Crippen LogP contribution in [0.2, 0.25) is 0 Å². The van der Waals surface area contributed by atoms with Crippen LogP contribution in [0.1, 0.15) is 44.1 Å². The van der Waals surface area contributed by atoms with Gasteiger partial charge in [0.2, 0.25) is 5.82 Å². The van der Waals surface area contributed by atoms with Crippen molar-refractivity contribution in [1.82, 2.24) is 4.98 Å². The van der Waals surface area contributed by atoms with Crippen LogP contribution in [0.3, 0.4) is 0 Å². The second-order valence-corrected chi connectivity index (χ2v) is 9.07. The predicted octanol–water partition coefficient (Wildman–Crippen LogP) is 4.80. The number of aldehydes is 1. The zero-order chi connectivity index (χ0) is 22.5. The lowest BCUT2D eigenvalue weighted by Crippen LogP contribution is -2.33. The number of phenols is 1. The van der Waals surface area contributed by atoms with Crippen molar-refractivity contribution in [2.75, 3.05) is 5.32 Å². The lowest BCUT2D eigenvalue weighted by molar-refractivity contribution is -0.109. The quantitative estimate of drug-likeness (QED) is 0.499. The molecule has 2 aliphatic rings. The number of halogens is 2. The summed E-state index contributed by atoms with van der Waals surface area (Å²) in [5, 5.41) is 13.9. The average Bonchev–Trinajstić information content (AvgIpc) is 3.60. The van der Waals surface area contributed by atoms with E-state index in [1.54, 1.807) is 24.4 Å². The van der Waals surface area contributed by atoms with Crippen molar-refractivity contribution in [3.63, 3.8) is 0 Å². The topological polar surface area (TPSA) is 88.2 Å². The molecule has 32 heavy (non-hydrogen) atoms. The summed E-state index contributed by atoms with van der Waals surface area (Å²) in [4.78, 5) is 16.5. The van der Waals surface area contributed by atoms with Crippen LogP contribution in [0.4, 0.5) is 14.5 Å². The van der Waals surface area contributed by atoms with Crippen molar-refractivity contribution in [2.24, 2.45) is 5.73 Å². The van der Waals surface area contributed by atoms with Crippen molar-refractivity contribution < 1.29 is 18.7 Å². The van der Waals surface area contributed by atoms with Crippen LogP contribution in [0, 0.1) is 11.6 Å². The molecule has 1 aromatic heterocycles. The molecule has 2 saturated carbocycles. The molecule has 0 radical (unpaired) electrons. The van der Waals surface area contributed by atoms with Crippen molar-refractivity contribution in [3.8, 4) is 16.9 Å². The van der Waals surface area contributed by atoms with E-state index in [1.807, 2.05) is 0 Å². The molecule has 7 heteroatoms. The highest BCUT2D eigenvalue weighted by Gasteiger charge is 2.46. The summed E-state index contributed by atoms with van der Waals surface area (Å²) in [7, 11) is 0. The molecule has 0 amide bonds. The normalized spacial score (nSPS) is 22.0. The van der Waals surface area contributed by atoms with E-state index >= 15 is 0 Å². The summed E-state index contributed by atoms with van der Waals surface area (Å²) in [6.07, 6.45) is 8.01. The highest BCUT2D eigenvalue weighted by Crippen LogP contribution is 2.50. The molecule has 0 saturated heterocycles. The highest BCUT2D eigenvalue weighted by atomic mass is 19.2. The first kappa shape index (κ1) is 20.8. The largest absolute Gasteiger partial charge is 0.505 e. The number of aromatic nitrogens is 1. The van der Waals surface area contributed by atoms with Crippen LogP contribution in [-0.4, -0.2) is 28.5 Å². The third-order valence-electron chi connectivity index (χ3n) is 6.91. The Hall–Kier alpha value is -3.06. The van der Waals surface area contributed by atoms with Gasteiger partial charge < -0.3 is 21.0 Å². The maximum Gasteiger partial charge on any atom is 0.200 e. The minimum atomic E-state index is -1.27. The van der Waals surface area contributed by atoms with Crippen molar-refractivity contribution >= 4 is 22.9 Å². The Labute approximate surface area is 184 Å². The number of pyridine rings is 1. The van der Waals surface area contributed by atoms with Gasteiger partial charge in [-0.15, -0.1) is 0 Å². The lowest BCUT2D eigenvalue weighted by Gasteiger charge is -2.29. The number of rotatable bonds is 5. The first-order valence-corrected chi connectivity index (χ1v) is 11.0. The van der Waals surface area contributed by atoms with Crippen molar-refractivity contribution in [2.45, 2.75) is 56.0 Å². The fraction of sp³-hybridized carbons (Fsp3) is 0.360. The molecular weight excluding hydrogens is 412 g/mol. The zero-order valence-electron chi connectivity index (χ0n) is 17.6. The van der Waals surface area contributed by atoms with E-state index in [4.69, 9.17) is 5.73 Å². The molecule has 0 aliphatic heterocycles. The van der Waals surface area contributed by atoms with E-state index < -0.39 is 22.8 Å². The second-order valence-electron chi connectivity index (χ2n) is 9.07. The number of aromatic hydroxyl groups is 1. The standard InChI is InChI=1S/C25H25F2N3O2/c26-22-17(6-8-21(32)23(22)27)14-1-7-20-18(11-14)24(30-16-4-2-15(28)3-5-16)19(12-29-20)25(13-31)9-10-25/h1,6-8,11-13,15-16,32H,2-5,9-10,28H2,(H,29,30)/t15-,16-. The molecule has 2 aliphatic carbocycles. The van der Waals surface area contributed by atoms with Gasteiger partial charge in [-0.3, -0.25) is 4.98 Å². The van der Waals surface area contributed by atoms with Crippen LogP contribution in [0.25, 0.3) is 22.0 Å². The second kappa shape index (κ2) is 7.81. The molecule has 5 rings (SSSR count). The molecular formula is C25H25F2N3O2. The Kier molecular flexibility index (Phi) is 5.08. The Bertz CT molecular complexity index is 1200. The molecule has 4 N–H and O–H groups in total. The number of benzene rings is 2. The number of phenolic OH excluding ortho intramolecular Hbond substituents is 1. The summed E-state index contributed by atoms with van der Waals surface area (Å²) in [6, 6.07) is 8.15. The van der Waals surface area contributed by atoms with Crippen LogP contribution in [-0.2, 0) is 10.2 Å². The van der Waals surface area contributed by atoms with Crippen LogP contribution >= 0.6 is 0 Å². The molecule has 3 aromatic rings. The number of carbonyl (C=O) groups is 1. The number of fused-ring (bicyclic) bond motifs is 1. The Morgan fingerprint density at radius 1 is 1.09 bits per heavy atom. The summed E-state index contributed by atoms with van der Waals surface area (Å²) in [5.74, 6) is -3.10. The zero-order valence-corrected chi connectivity index (χ0v) is 17.6. The molecule has 2 fully saturated rings. The highest BCUT2D eigenvalue weighted by molar-refractivity contribution is 5.98. The smallest absolute Gasteiger partial charge is 0.200 e. The van der Waals surface area contributed by atoms with Crippen molar-refractivity contribution in [3.05, 3.63) is 53.7 Å². The van der Waals surface area contributed by atoms with Crippen LogP contribution < -0.4 is 11.1 Å². The summed E-state index contributed by atoms with van der Waals surface area (Å²) in [6.45, 7) is 0. The monoisotopic (exact) mass is 437 g/mol. The minimum absolute atomic E-state index is 0.0544. The molecule has 1 heterocycles. The van der Waals surface area contributed by atoms with E-state index in [-0.39, 0.29) is 17.6 Å². The maximum atomic E-state index is 14.6. The van der Waals surface area contributed by atoms with E-state index in [0.29, 0.717) is 11.1 Å². The molecule has 0 spiro atoms. The van der Waals surface area contributed by atoms with Gasteiger partial charge in [0.15, 0.2) is 11.6 Å². The van der Waals surface area contributed by atoms with E-state index in [1.165, 1.54) is 6.07 Å². The van der Waals surface area contributed by atoms with Gasteiger partial charge >= 0.3 is 0 Å². The molecule has 5 nitrogen and oxygen atoms in total. The van der Waals surface area contributed by atoms with E-state index in [2.05, 4.69) is 10.3 Å². The van der Waals surface area contributed by atoms with E-state index in [9.17, 15) is 18.7 Å². The number of hydrogen-bond donors (Lipinski definition) is 3. The number of carbonyl (C=O) groups excluding carboxylic acids is 1. The number of nitrogens with one attached hydrogen (secondary N) is 1. The summed E-state index contributed by atoms with van der Waals surface area (Å²) < 4.78 is 28.6. The van der Waals surface area contributed by atoms with Gasteiger partial charge in [-0.2, -0.15) is 4.39 Å². The van der Waals surface area contributed by atoms with Gasteiger partial charge in [-0.05, 0) is 68.4 Å². The van der Waals surface area contributed by atoms with Gasteiger partial charge in [0.05, 0.1) is 10.9 Å². The van der Waals surface area contributed by atoms with Gasteiger partial charge in [0.25, 0.3) is 0 Å². The number of nitrogens with zero attached hydrogens (tertiary/aromatic N) is 1. The van der Waals surface area contributed by atoms with Gasteiger partial charge in [-0.1, -0.05) is 6.07 Å². The lowest BCUT2D eigenvalue weighted by atomic mass is 9.89. The van der Waals surface area contributed by atoms with Crippen LogP contribution in [0.5, 0.6) is 5.75 Å². The van der Waals surface area contributed by atoms with Crippen LogP contribution in [0.15, 0.2) is 36.5 Å². The third-order valence-corrected chi connectivity index (χ3v) is 6.91. The third kappa shape index (κ3) is 3.50. The first-order valence-electron chi connectivity index (χ1n) is 11.0. The average molecular weight is 437 g/mol. The predicted molar refractivity (Wildman–Crippen MR) is 120 cm³/mol. The Morgan fingerprint density at radius 3 is 2.53 bits per heavy atom. The molecule has 2 aromatic carbocycles. The molecule has 0 unspecified atom stereocenters. The number of hydrogen-bond acceptors (Lipinski definition) is 5. The fourth-order valence-electron chi connectivity index (χ4n) is 4.71. The number of nitrogens with two attached hydrogens (primary N) is 1. The van der Waals surface area contributed by atoms with Crippen molar-refractivity contribution in [1.29, 1.82) is 0 Å². The Balaban J connectivity index is 1.65. The first-order chi connectivity index (χ1) is 15.4. The maximum absolute atomic E-state index is 14.6. The SMILES string of the molecule is N[C@H]1CC[C@H](Nc2c(C3(C=O)CC3)cnc3ccc(-c4ccc(O)c(F)c4F)cc23)CC1. The fourth-order valence-corrected chi connectivity index (χ4v) is 4.71. The summed E-state index contributed by atoms with van der Waals surface area (Å²) in [5.41, 5.74) is 8.44. The molecule has 0 atom stereocenters. The van der Waals surface area contributed by atoms with Gasteiger partial charge in [0.1, 0.15) is 6.29 Å².